The molecule has 0 spiro atoms. The number of benzene rings is 1. The van der Waals surface area contributed by atoms with Crippen LogP contribution in [0.15, 0.2) is 24.3 Å². The van der Waals surface area contributed by atoms with Crippen molar-refractivity contribution in [2.75, 3.05) is 18.0 Å². The maximum Gasteiger partial charge on any atom is 0.249 e. The van der Waals surface area contributed by atoms with E-state index in [1.807, 2.05) is 18.2 Å². The van der Waals surface area contributed by atoms with Crippen LogP contribution in [0.5, 0.6) is 0 Å². The molecule has 2 atom stereocenters. The van der Waals surface area contributed by atoms with E-state index >= 15 is 0 Å². The van der Waals surface area contributed by atoms with Gasteiger partial charge in [0.1, 0.15) is 6.04 Å². The first-order valence-corrected chi connectivity index (χ1v) is 7.64. The number of carbonyl (C=O) groups is 2. The van der Waals surface area contributed by atoms with Crippen LogP contribution in [-0.4, -0.2) is 37.0 Å². The predicted molar refractivity (Wildman–Crippen MR) is 81.4 cm³/mol. The molecule has 112 valence electrons. The van der Waals surface area contributed by atoms with Crippen LogP contribution in [0.4, 0.5) is 5.69 Å². The van der Waals surface area contributed by atoms with Gasteiger partial charge in [0.05, 0.1) is 16.8 Å². The van der Waals surface area contributed by atoms with E-state index in [0.717, 1.165) is 19.4 Å². The quantitative estimate of drug-likeness (QED) is 0.885. The predicted octanol–water partition coefficient (Wildman–Crippen LogP) is 1.31. The van der Waals surface area contributed by atoms with E-state index < -0.39 is 6.04 Å². The average Bonchev–Trinajstić information content (AvgIpc) is 3.11. The molecule has 2 aliphatic rings. The van der Waals surface area contributed by atoms with Crippen molar-refractivity contribution in [3.63, 3.8) is 0 Å². The monoisotopic (exact) mass is 307 g/mol. The number of rotatable bonds is 3. The minimum Gasteiger partial charge on any atom is -0.343 e. The van der Waals surface area contributed by atoms with Crippen molar-refractivity contribution >= 4 is 29.1 Å². The van der Waals surface area contributed by atoms with Crippen LogP contribution < -0.4 is 15.5 Å². The molecule has 2 aliphatic heterocycles. The first-order valence-electron chi connectivity index (χ1n) is 7.26. The van der Waals surface area contributed by atoms with Crippen molar-refractivity contribution < 1.29 is 9.59 Å². The molecule has 0 aliphatic carbocycles. The highest BCUT2D eigenvalue weighted by atomic mass is 35.5. The summed E-state index contributed by atoms with van der Waals surface area (Å²) in [6.07, 6.45) is 2.45. The molecule has 1 aromatic carbocycles. The van der Waals surface area contributed by atoms with Gasteiger partial charge in [0, 0.05) is 6.54 Å². The number of amides is 2. The Labute approximate surface area is 128 Å². The minimum atomic E-state index is -0.448. The van der Waals surface area contributed by atoms with Crippen LogP contribution in [0, 0.1) is 0 Å². The second-order valence-corrected chi connectivity index (χ2v) is 5.85. The Morgan fingerprint density at radius 1 is 1.33 bits per heavy atom. The average molecular weight is 308 g/mol. The van der Waals surface area contributed by atoms with Crippen LogP contribution in [0.3, 0.4) is 0 Å². The van der Waals surface area contributed by atoms with Crippen molar-refractivity contribution in [1.82, 2.24) is 10.6 Å². The summed E-state index contributed by atoms with van der Waals surface area (Å²) in [6, 6.07) is 6.66. The zero-order valence-corrected chi connectivity index (χ0v) is 12.4. The van der Waals surface area contributed by atoms with E-state index in [1.54, 1.807) is 11.0 Å². The third-order valence-electron chi connectivity index (χ3n) is 4.04. The Bertz CT molecular complexity index is 558. The van der Waals surface area contributed by atoms with Crippen molar-refractivity contribution in [2.24, 2.45) is 0 Å². The topological polar surface area (TPSA) is 61.4 Å². The zero-order valence-electron chi connectivity index (χ0n) is 11.6. The van der Waals surface area contributed by atoms with E-state index in [2.05, 4.69) is 10.6 Å². The summed E-state index contributed by atoms with van der Waals surface area (Å²) in [5, 5.41) is 6.54. The second kappa shape index (κ2) is 6.03. The number of nitrogens with zero attached hydrogens (tertiary/aromatic N) is 1. The lowest BCUT2D eigenvalue weighted by Crippen LogP contribution is -2.48. The van der Waals surface area contributed by atoms with E-state index in [1.165, 1.54) is 0 Å². The van der Waals surface area contributed by atoms with E-state index in [0.29, 0.717) is 23.7 Å². The van der Waals surface area contributed by atoms with Crippen LogP contribution in [0.25, 0.3) is 0 Å². The van der Waals surface area contributed by atoms with Gasteiger partial charge in [0.25, 0.3) is 0 Å². The van der Waals surface area contributed by atoms with Gasteiger partial charge >= 0.3 is 0 Å². The summed E-state index contributed by atoms with van der Waals surface area (Å²) in [4.78, 5) is 26.2. The molecular formula is C15H18ClN3O2. The Hall–Kier alpha value is -1.59. The third kappa shape index (κ3) is 2.89. The third-order valence-corrected chi connectivity index (χ3v) is 4.36. The summed E-state index contributed by atoms with van der Waals surface area (Å²) < 4.78 is 0. The number of halogens is 1. The van der Waals surface area contributed by atoms with Crippen LogP contribution in [-0.2, 0) is 9.59 Å². The van der Waals surface area contributed by atoms with Gasteiger partial charge in [-0.1, -0.05) is 23.7 Å². The molecule has 0 aromatic heterocycles. The summed E-state index contributed by atoms with van der Waals surface area (Å²) >= 11 is 6.14. The number of nitrogens with one attached hydrogen (secondary N) is 2. The highest BCUT2D eigenvalue weighted by Gasteiger charge is 2.35. The van der Waals surface area contributed by atoms with Gasteiger partial charge in [0.2, 0.25) is 11.8 Å². The lowest BCUT2D eigenvalue weighted by molar-refractivity contribution is -0.127. The van der Waals surface area contributed by atoms with E-state index in [4.69, 9.17) is 11.6 Å². The van der Waals surface area contributed by atoms with Gasteiger partial charge in [0.15, 0.2) is 0 Å². The van der Waals surface area contributed by atoms with Crippen LogP contribution >= 0.6 is 11.6 Å². The van der Waals surface area contributed by atoms with Crippen LogP contribution in [0.2, 0.25) is 5.02 Å². The summed E-state index contributed by atoms with van der Waals surface area (Å²) in [6.45, 7) is 1.44. The molecule has 1 aromatic rings. The molecule has 2 heterocycles. The maximum atomic E-state index is 12.4. The Balaban J connectivity index is 1.66. The Morgan fingerprint density at radius 2 is 2.14 bits per heavy atom. The molecule has 2 fully saturated rings. The molecule has 2 N–H and O–H groups in total. The lowest BCUT2D eigenvalue weighted by atomic mass is 10.2. The molecule has 3 rings (SSSR count). The van der Waals surface area contributed by atoms with Crippen LogP contribution in [0.1, 0.15) is 19.3 Å². The number of para-hydroxylation sites is 1. The van der Waals surface area contributed by atoms with Crippen molar-refractivity contribution in [3.8, 4) is 0 Å². The minimum absolute atomic E-state index is 0.0770. The number of anilines is 1. The van der Waals surface area contributed by atoms with E-state index in [9.17, 15) is 9.59 Å². The molecule has 6 heteroatoms. The fraction of sp³-hybridized carbons (Fsp3) is 0.467. The fourth-order valence-corrected chi connectivity index (χ4v) is 3.14. The molecule has 0 radical (unpaired) electrons. The molecule has 0 bridgehead atoms. The lowest BCUT2D eigenvalue weighted by Gasteiger charge is -2.19. The standard InChI is InChI=1S/C15H18ClN3O2/c16-10-4-1-2-6-13(10)19-9-7-12(15(19)21)18-14(20)11-5-3-8-17-11/h1-2,4,6,11-12,17H,3,5,7-9H2,(H,18,20). The number of hydrogen-bond donors (Lipinski definition) is 2. The van der Waals surface area contributed by atoms with Gasteiger partial charge in [-0.05, 0) is 37.9 Å². The van der Waals surface area contributed by atoms with Gasteiger partial charge < -0.3 is 15.5 Å². The molecule has 0 saturated carbocycles. The van der Waals surface area contributed by atoms with Crippen molar-refractivity contribution in [3.05, 3.63) is 29.3 Å². The van der Waals surface area contributed by atoms with Gasteiger partial charge in [-0.3, -0.25) is 9.59 Å². The zero-order chi connectivity index (χ0) is 14.8. The normalized spacial score (nSPS) is 25.4. The summed E-state index contributed by atoms with van der Waals surface area (Å²) in [7, 11) is 0. The van der Waals surface area contributed by atoms with Crippen molar-refractivity contribution in [2.45, 2.75) is 31.3 Å². The highest BCUT2D eigenvalue weighted by Crippen LogP contribution is 2.29. The van der Waals surface area contributed by atoms with Gasteiger partial charge in [-0.2, -0.15) is 0 Å². The maximum absolute atomic E-state index is 12.4. The molecule has 5 nitrogen and oxygen atoms in total. The van der Waals surface area contributed by atoms with E-state index in [-0.39, 0.29) is 17.9 Å². The number of hydrogen-bond acceptors (Lipinski definition) is 3. The molecule has 2 amide bonds. The SMILES string of the molecule is O=C(NC1CCN(c2ccccc2Cl)C1=O)C1CCCN1. The fourth-order valence-electron chi connectivity index (χ4n) is 2.90. The largest absolute Gasteiger partial charge is 0.343 e. The Kier molecular flexibility index (Phi) is 4.12. The second-order valence-electron chi connectivity index (χ2n) is 5.44. The van der Waals surface area contributed by atoms with Crippen molar-refractivity contribution in [1.29, 1.82) is 0 Å². The summed E-state index contributed by atoms with van der Waals surface area (Å²) in [5.74, 6) is -0.165. The highest BCUT2D eigenvalue weighted by molar-refractivity contribution is 6.34. The first kappa shape index (κ1) is 14.4. The van der Waals surface area contributed by atoms with Gasteiger partial charge in [-0.25, -0.2) is 0 Å². The Morgan fingerprint density at radius 3 is 2.86 bits per heavy atom. The molecule has 2 saturated heterocycles. The number of carbonyl (C=O) groups excluding carboxylic acids is 2. The smallest absolute Gasteiger partial charge is 0.249 e. The first-order chi connectivity index (χ1) is 10.2. The van der Waals surface area contributed by atoms with Gasteiger partial charge in [-0.15, -0.1) is 0 Å². The molecule has 21 heavy (non-hydrogen) atoms. The summed E-state index contributed by atoms with van der Waals surface area (Å²) in [5.41, 5.74) is 0.708. The molecular weight excluding hydrogens is 290 g/mol. The molecule has 2 unspecified atom stereocenters.